The lowest BCUT2D eigenvalue weighted by Crippen LogP contribution is -2.27. The van der Waals surface area contributed by atoms with Crippen LogP contribution in [0.15, 0.2) is 30.5 Å². The molecule has 2 rings (SSSR count). The second-order valence-electron chi connectivity index (χ2n) is 5.38. The molecule has 110 valence electrons. The molecule has 2 heterocycles. The lowest BCUT2D eigenvalue weighted by molar-refractivity contribution is 0.0635. The highest BCUT2D eigenvalue weighted by Crippen LogP contribution is 2.26. The normalized spacial score (nSPS) is 11.0. The summed E-state index contributed by atoms with van der Waals surface area (Å²) in [6.45, 7) is 5.40. The molecule has 2 aromatic rings. The molecule has 0 atom stereocenters. The zero-order valence-electron chi connectivity index (χ0n) is 12.0. The maximum atomic E-state index is 11.6. The first kappa shape index (κ1) is 15.2. The largest absolute Gasteiger partial charge is 0.444 e. The first-order valence-corrected chi connectivity index (χ1v) is 7.20. The van der Waals surface area contributed by atoms with Gasteiger partial charge in [0.2, 0.25) is 0 Å². The second kappa shape index (κ2) is 6.05. The van der Waals surface area contributed by atoms with E-state index in [0.29, 0.717) is 10.6 Å². The Morgan fingerprint density at radius 2 is 2.05 bits per heavy atom. The van der Waals surface area contributed by atoms with E-state index < -0.39 is 11.7 Å². The third-order valence-corrected chi connectivity index (χ3v) is 3.44. The molecular formula is C15H16N2O3S. The molecule has 0 radical (unpaired) electrons. The number of carbonyl (C=O) groups is 2. The molecule has 0 aliphatic heterocycles. The summed E-state index contributed by atoms with van der Waals surface area (Å²) in [5.41, 5.74) is 0.766. The van der Waals surface area contributed by atoms with Gasteiger partial charge in [0.05, 0.1) is 27.3 Å². The van der Waals surface area contributed by atoms with Gasteiger partial charge in [-0.25, -0.2) is 4.79 Å². The van der Waals surface area contributed by atoms with E-state index in [1.54, 1.807) is 45.2 Å². The van der Waals surface area contributed by atoms with Crippen LogP contribution in [0.25, 0.3) is 10.6 Å². The van der Waals surface area contributed by atoms with Gasteiger partial charge in [-0.15, -0.1) is 11.3 Å². The van der Waals surface area contributed by atoms with E-state index in [2.05, 4.69) is 10.3 Å². The van der Waals surface area contributed by atoms with Crippen LogP contribution in [-0.4, -0.2) is 23.0 Å². The third-order valence-electron chi connectivity index (χ3n) is 2.40. The number of aldehydes is 1. The van der Waals surface area contributed by atoms with Crippen molar-refractivity contribution in [2.24, 2.45) is 0 Å². The van der Waals surface area contributed by atoms with Gasteiger partial charge in [0.15, 0.2) is 6.29 Å². The molecule has 21 heavy (non-hydrogen) atoms. The van der Waals surface area contributed by atoms with E-state index in [1.165, 1.54) is 11.3 Å². The minimum Gasteiger partial charge on any atom is -0.444 e. The summed E-state index contributed by atoms with van der Waals surface area (Å²) in [6, 6.07) is 7.12. The monoisotopic (exact) mass is 304 g/mol. The number of nitrogens with one attached hydrogen (secondary N) is 1. The van der Waals surface area contributed by atoms with E-state index in [4.69, 9.17) is 4.74 Å². The molecule has 1 N–H and O–H groups in total. The zero-order valence-corrected chi connectivity index (χ0v) is 12.9. The van der Waals surface area contributed by atoms with Gasteiger partial charge < -0.3 is 4.74 Å². The maximum absolute atomic E-state index is 11.6. The van der Waals surface area contributed by atoms with Crippen LogP contribution in [0.4, 0.5) is 10.5 Å². The highest BCUT2D eigenvalue weighted by Gasteiger charge is 2.16. The molecule has 6 heteroatoms. The summed E-state index contributed by atoms with van der Waals surface area (Å²) in [7, 11) is 0. The van der Waals surface area contributed by atoms with Gasteiger partial charge in [-0.1, -0.05) is 0 Å². The van der Waals surface area contributed by atoms with Crippen LogP contribution in [0, 0.1) is 0 Å². The number of rotatable bonds is 3. The maximum Gasteiger partial charge on any atom is 0.412 e. The molecule has 0 unspecified atom stereocenters. The SMILES string of the molecule is CC(C)(C)OC(=O)Nc1ccc(-c2ccc(C=O)s2)nc1. The molecule has 0 fully saturated rings. The van der Waals surface area contributed by atoms with Crippen LogP contribution < -0.4 is 5.32 Å². The quantitative estimate of drug-likeness (QED) is 0.871. The predicted molar refractivity (Wildman–Crippen MR) is 82.8 cm³/mol. The van der Waals surface area contributed by atoms with Crippen molar-refractivity contribution in [3.8, 4) is 10.6 Å². The van der Waals surface area contributed by atoms with Gasteiger partial charge in [-0.3, -0.25) is 15.1 Å². The van der Waals surface area contributed by atoms with Crippen LogP contribution in [0.5, 0.6) is 0 Å². The smallest absolute Gasteiger partial charge is 0.412 e. The fourth-order valence-electron chi connectivity index (χ4n) is 1.59. The number of carbonyl (C=O) groups excluding carboxylic acids is 2. The van der Waals surface area contributed by atoms with Crippen molar-refractivity contribution in [3.63, 3.8) is 0 Å². The Bertz CT molecular complexity index is 642. The molecule has 0 aromatic carbocycles. The van der Waals surface area contributed by atoms with Crippen molar-refractivity contribution in [2.45, 2.75) is 26.4 Å². The average Bonchev–Trinajstić information content (AvgIpc) is 2.86. The van der Waals surface area contributed by atoms with Gasteiger partial charge in [0, 0.05) is 0 Å². The van der Waals surface area contributed by atoms with Crippen molar-refractivity contribution in [1.29, 1.82) is 0 Å². The van der Waals surface area contributed by atoms with Crippen molar-refractivity contribution in [3.05, 3.63) is 35.3 Å². The zero-order chi connectivity index (χ0) is 15.5. The number of ether oxygens (including phenoxy) is 1. The Kier molecular flexibility index (Phi) is 4.37. The number of amides is 1. The predicted octanol–water partition coefficient (Wildman–Crippen LogP) is 3.97. The summed E-state index contributed by atoms with van der Waals surface area (Å²) in [5.74, 6) is 0. The highest BCUT2D eigenvalue weighted by atomic mass is 32.1. The van der Waals surface area contributed by atoms with Crippen LogP contribution in [0.3, 0.4) is 0 Å². The summed E-state index contributed by atoms with van der Waals surface area (Å²) in [4.78, 5) is 28.1. The Morgan fingerprint density at radius 1 is 1.29 bits per heavy atom. The Morgan fingerprint density at radius 3 is 2.57 bits per heavy atom. The summed E-state index contributed by atoms with van der Waals surface area (Å²) < 4.78 is 5.16. The lowest BCUT2D eigenvalue weighted by Gasteiger charge is -2.19. The Balaban J connectivity index is 2.05. The van der Waals surface area contributed by atoms with Crippen LogP contribution >= 0.6 is 11.3 Å². The Hall–Kier alpha value is -2.21. The standard InChI is InChI=1S/C15H16N2O3S/c1-15(2,3)20-14(19)17-10-4-6-12(16-8-10)13-7-5-11(9-18)21-13/h4-9H,1-3H3,(H,17,19). The molecule has 1 amide bonds. The van der Waals surface area contributed by atoms with E-state index in [9.17, 15) is 9.59 Å². The van der Waals surface area contributed by atoms with Crippen molar-refractivity contribution in [1.82, 2.24) is 4.98 Å². The van der Waals surface area contributed by atoms with Gasteiger partial charge >= 0.3 is 6.09 Å². The van der Waals surface area contributed by atoms with Crippen molar-refractivity contribution in [2.75, 3.05) is 5.32 Å². The topological polar surface area (TPSA) is 68.3 Å². The fourth-order valence-corrected chi connectivity index (χ4v) is 2.39. The molecule has 5 nitrogen and oxygen atoms in total. The minimum absolute atomic E-state index is 0.517. The molecule has 0 saturated carbocycles. The van der Waals surface area contributed by atoms with E-state index in [-0.39, 0.29) is 0 Å². The molecule has 0 bridgehead atoms. The first-order valence-electron chi connectivity index (χ1n) is 6.39. The summed E-state index contributed by atoms with van der Waals surface area (Å²) >= 11 is 1.37. The van der Waals surface area contributed by atoms with E-state index in [1.807, 2.05) is 6.07 Å². The van der Waals surface area contributed by atoms with Gasteiger partial charge in [0.25, 0.3) is 0 Å². The van der Waals surface area contributed by atoms with E-state index in [0.717, 1.165) is 16.9 Å². The molecule has 0 saturated heterocycles. The van der Waals surface area contributed by atoms with E-state index >= 15 is 0 Å². The molecule has 0 aliphatic carbocycles. The third kappa shape index (κ3) is 4.39. The number of thiophene rings is 1. The number of hydrogen-bond acceptors (Lipinski definition) is 5. The molecular weight excluding hydrogens is 288 g/mol. The first-order chi connectivity index (χ1) is 9.87. The molecule has 0 spiro atoms. The minimum atomic E-state index is -0.542. The van der Waals surface area contributed by atoms with Gasteiger partial charge in [-0.2, -0.15) is 0 Å². The second-order valence-corrected chi connectivity index (χ2v) is 6.49. The van der Waals surface area contributed by atoms with Crippen LogP contribution in [-0.2, 0) is 4.74 Å². The Labute approximate surface area is 127 Å². The highest BCUT2D eigenvalue weighted by molar-refractivity contribution is 7.17. The molecule has 0 aliphatic rings. The fraction of sp³-hybridized carbons (Fsp3) is 0.267. The van der Waals surface area contributed by atoms with Crippen LogP contribution in [0.1, 0.15) is 30.4 Å². The van der Waals surface area contributed by atoms with Crippen molar-refractivity contribution >= 4 is 29.4 Å². The van der Waals surface area contributed by atoms with Gasteiger partial charge in [-0.05, 0) is 45.0 Å². The van der Waals surface area contributed by atoms with Crippen molar-refractivity contribution < 1.29 is 14.3 Å². The average molecular weight is 304 g/mol. The van der Waals surface area contributed by atoms with Crippen LogP contribution in [0.2, 0.25) is 0 Å². The molecule has 2 aromatic heterocycles. The number of hydrogen-bond donors (Lipinski definition) is 1. The number of nitrogens with zero attached hydrogens (tertiary/aromatic N) is 1. The summed E-state index contributed by atoms with van der Waals surface area (Å²) in [5, 5.41) is 2.62. The number of pyridine rings is 1. The lowest BCUT2D eigenvalue weighted by atomic mass is 10.2. The van der Waals surface area contributed by atoms with Gasteiger partial charge in [0.1, 0.15) is 5.60 Å². The number of aromatic nitrogens is 1. The summed E-state index contributed by atoms with van der Waals surface area (Å²) in [6.07, 6.45) is 1.85. The number of anilines is 1.